The van der Waals surface area contributed by atoms with Crippen LogP contribution in [-0.2, 0) is 0 Å². The summed E-state index contributed by atoms with van der Waals surface area (Å²) in [5, 5.41) is 12.5. The fraction of sp³-hybridized carbons (Fsp3) is 0.562. The minimum Gasteiger partial charge on any atom is -0.399 e. The molecular formula is C16H23N5. The first-order valence-electron chi connectivity index (χ1n) is 7.80. The Hall–Kier alpha value is -1.91. The maximum absolute atomic E-state index is 5.97. The molecule has 5 heteroatoms. The van der Waals surface area contributed by atoms with Crippen LogP contribution in [0.2, 0.25) is 0 Å². The van der Waals surface area contributed by atoms with E-state index in [2.05, 4.69) is 28.5 Å². The molecule has 1 aromatic carbocycles. The molecule has 1 saturated carbocycles. The smallest absolute Gasteiger partial charge is 0.182 e. The molecule has 1 heterocycles. The third kappa shape index (κ3) is 2.91. The van der Waals surface area contributed by atoms with Crippen LogP contribution < -0.4 is 5.73 Å². The van der Waals surface area contributed by atoms with Crippen LogP contribution in [0.15, 0.2) is 18.2 Å². The van der Waals surface area contributed by atoms with E-state index in [9.17, 15) is 0 Å². The van der Waals surface area contributed by atoms with Gasteiger partial charge in [0.25, 0.3) is 0 Å². The zero-order valence-electron chi connectivity index (χ0n) is 12.8. The fourth-order valence-corrected chi connectivity index (χ4v) is 3.39. The Morgan fingerprint density at radius 3 is 2.76 bits per heavy atom. The molecule has 1 aliphatic carbocycles. The number of nitrogens with zero attached hydrogens (tertiary/aromatic N) is 4. The number of hydrogen-bond donors (Lipinski definition) is 1. The highest BCUT2D eigenvalue weighted by atomic mass is 15.5. The van der Waals surface area contributed by atoms with Gasteiger partial charge in [0.1, 0.15) is 0 Å². The van der Waals surface area contributed by atoms with Gasteiger partial charge in [-0.1, -0.05) is 26.2 Å². The van der Waals surface area contributed by atoms with Gasteiger partial charge in [-0.05, 0) is 59.9 Å². The van der Waals surface area contributed by atoms with Gasteiger partial charge in [0.2, 0.25) is 0 Å². The van der Waals surface area contributed by atoms with Gasteiger partial charge in [0, 0.05) is 11.3 Å². The van der Waals surface area contributed by atoms with E-state index in [0.29, 0.717) is 12.0 Å². The SMILES string of the molecule is Cc1cc(N)cc(-c2nnnn2C2CCCCCC2C)c1. The number of benzene rings is 1. The van der Waals surface area contributed by atoms with E-state index in [1.807, 2.05) is 23.7 Å². The molecule has 5 nitrogen and oxygen atoms in total. The molecule has 112 valence electrons. The summed E-state index contributed by atoms with van der Waals surface area (Å²) in [5.41, 5.74) is 8.87. The van der Waals surface area contributed by atoms with Gasteiger partial charge >= 0.3 is 0 Å². The van der Waals surface area contributed by atoms with Crippen molar-refractivity contribution >= 4 is 5.69 Å². The predicted octanol–water partition coefficient (Wildman–Crippen LogP) is 3.37. The quantitative estimate of drug-likeness (QED) is 0.678. The van der Waals surface area contributed by atoms with Crippen molar-refractivity contribution in [2.75, 3.05) is 5.73 Å². The van der Waals surface area contributed by atoms with E-state index in [-0.39, 0.29) is 0 Å². The lowest BCUT2D eigenvalue weighted by Gasteiger charge is -2.22. The minimum absolute atomic E-state index is 0.388. The molecule has 2 aromatic rings. The van der Waals surface area contributed by atoms with Crippen molar-refractivity contribution < 1.29 is 0 Å². The van der Waals surface area contributed by atoms with Gasteiger partial charge in [-0.15, -0.1) is 5.10 Å². The summed E-state index contributed by atoms with van der Waals surface area (Å²) < 4.78 is 2.02. The first-order chi connectivity index (χ1) is 10.1. The third-order valence-electron chi connectivity index (χ3n) is 4.48. The highest BCUT2D eigenvalue weighted by Gasteiger charge is 2.25. The van der Waals surface area contributed by atoms with E-state index in [1.165, 1.54) is 25.7 Å². The fourth-order valence-electron chi connectivity index (χ4n) is 3.39. The average molecular weight is 285 g/mol. The van der Waals surface area contributed by atoms with Crippen LogP contribution in [0.3, 0.4) is 0 Å². The summed E-state index contributed by atoms with van der Waals surface area (Å²) in [4.78, 5) is 0. The van der Waals surface area contributed by atoms with Crippen LogP contribution in [0, 0.1) is 12.8 Å². The normalized spacial score (nSPS) is 23.0. The lowest BCUT2D eigenvalue weighted by atomic mass is 9.97. The Morgan fingerprint density at radius 1 is 1.14 bits per heavy atom. The Morgan fingerprint density at radius 2 is 1.95 bits per heavy atom. The highest BCUT2D eigenvalue weighted by molar-refractivity contribution is 5.62. The molecule has 21 heavy (non-hydrogen) atoms. The first-order valence-corrected chi connectivity index (χ1v) is 7.80. The molecule has 0 spiro atoms. The summed E-state index contributed by atoms with van der Waals surface area (Å²) in [6, 6.07) is 6.40. The maximum atomic E-state index is 5.97. The molecule has 2 unspecified atom stereocenters. The van der Waals surface area contributed by atoms with E-state index >= 15 is 0 Å². The van der Waals surface area contributed by atoms with Gasteiger partial charge < -0.3 is 5.73 Å². The molecule has 3 rings (SSSR count). The Labute approximate surface area is 125 Å². The molecule has 0 amide bonds. The summed E-state index contributed by atoms with van der Waals surface area (Å²) >= 11 is 0. The Balaban J connectivity index is 2.00. The summed E-state index contributed by atoms with van der Waals surface area (Å²) in [6.45, 7) is 4.36. The zero-order valence-corrected chi connectivity index (χ0v) is 12.8. The predicted molar refractivity (Wildman–Crippen MR) is 83.7 cm³/mol. The Kier molecular flexibility index (Phi) is 3.90. The van der Waals surface area contributed by atoms with Crippen LogP contribution in [0.25, 0.3) is 11.4 Å². The summed E-state index contributed by atoms with van der Waals surface area (Å²) in [7, 11) is 0. The van der Waals surface area contributed by atoms with Crippen molar-refractivity contribution in [1.82, 2.24) is 20.2 Å². The number of nitrogen functional groups attached to an aromatic ring is 1. The molecule has 0 bridgehead atoms. The number of anilines is 1. The van der Waals surface area contributed by atoms with Crippen molar-refractivity contribution in [3.8, 4) is 11.4 Å². The monoisotopic (exact) mass is 285 g/mol. The van der Waals surface area contributed by atoms with Gasteiger partial charge in [-0.25, -0.2) is 4.68 Å². The van der Waals surface area contributed by atoms with Crippen molar-refractivity contribution in [2.24, 2.45) is 5.92 Å². The van der Waals surface area contributed by atoms with Crippen LogP contribution >= 0.6 is 0 Å². The topological polar surface area (TPSA) is 69.6 Å². The largest absolute Gasteiger partial charge is 0.399 e. The number of aryl methyl sites for hydroxylation is 1. The van der Waals surface area contributed by atoms with Crippen LogP contribution in [0.4, 0.5) is 5.69 Å². The summed E-state index contributed by atoms with van der Waals surface area (Å²) in [5.74, 6) is 1.45. The number of rotatable bonds is 2. The van der Waals surface area contributed by atoms with Gasteiger partial charge in [-0.3, -0.25) is 0 Å². The zero-order chi connectivity index (χ0) is 14.8. The first kappa shape index (κ1) is 14.0. The molecule has 1 aliphatic rings. The molecule has 0 radical (unpaired) electrons. The number of tetrazole rings is 1. The maximum Gasteiger partial charge on any atom is 0.182 e. The molecule has 1 fully saturated rings. The summed E-state index contributed by atoms with van der Waals surface area (Å²) in [6.07, 6.45) is 6.28. The third-order valence-corrected chi connectivity index (χ3v) is 4.48. The van der Waals surface area contributed by atoms with Crippen LogP contribution in [-0.4, -0.2) is 20.2 Å². The molecule has 1 aromatic heterocycles. The molecular weight excluding hydrogens is 262 g/mol. The van der Waals surface area contributed by atoms with E-state index in [0.717, 1.165) is 29.1 Å². The second-order valence-electron chi connectivity index (χ2n) is 6.26. The Bertz CT molecular complexity index is 599. The second-order valence-corrected chi connectivity index (χ2v) is 6.26. The second kappa shape index (κ2) is 5.84. The van der Waals surface area contributed by atoms with E-state index < -0.39 is 0 Å². The van der Waals surface area contributed by atoms with Gasteiger partial charge in [0.05, 0.1) is 6.04 Å². The van der Waals surface area contributed by atoms with Crippen molar-refractivity contribution in [1.29, 1.82) is 0 Å². The number of nitrogens with two attached hydrogens (primary N) is 1. The minimum atomic E-state index is 0.388. The van der Waals surface area contributed by atoms with Gasteiger partial charge in [-0.2, -0.15) is 0 Å². The van der Waals surface area contributed by atoms with Crippen LogP contribution in [0.1, 0.15) is 50.6 Å². The highest BCUT2D eigenvalue weighted by Crippen LogP contribution is 2.34. The molecule has 0 saturated heterocycles. The number of hydrogen-bond acceptors (Lipinski definition) is 4. The van der Waals surface area contributed by atoms with E-state index in [1.54, 1.807) is 0 Å². The number of aromatic nitrogens is 4. The lowest BCUT2D eigenvalue weighted by Crippen LogP contribution is -2.18. The molecule has 2 N–H and O–H groups in total. The lowest BCUT2D eigenvalue weighted by molar-refractivity contribution is 0.306. The molecule has 0 aliphatic heterocycles. The van der Waals surface area contributed by atoms with Crippen molar-refractivity contribution in [2.45, 2.75) is 52.0 Å². The average Bonchev–Trinajstić information content (AvgIpc) is 2.81. The van der Waals surface area contributed by atoms with Crippen molar-refractivity contribution in [3.63, 3.8) is 0 Å². The van der Waals surface area contributed by atoms with Crippen molar-refractivity contribution in [3.05, 3.63) is 23.8 Å². The molecule has 2 atom stereocenters. The van der Waals surface area contributed by atoms with Gasteiger partial charge in [0.15, 0.2) is 5.82 Å². The van der Waals surface area contributed by atoms with E-state index in [4.69, 9.17) is 5.73 Å². The standard InChI is InChI=1S/C16H23N5/c1-11-8-13(10-14(17)9-11)16-18-19-20-21(16)15-7-5-3-4-6-12(15)2/h8-10,12,15H,3-7,17H2,1-2H3. The van der Waals surface area contributed by atoms with Crippen LogP contribution in [0.5, 0.6) is 0 Å².